The van der Waals surface area contributed by atoms with Gasteiger partial charge < -0.3 is 15.0 Å². The van der Waals surface area contributed by atoms with Crippen LogP contribution in [0.2, 0.25) is 0 Å². The molecule has 0 spiro atoms. The molecule has 0 unspecified atom stereocenters. The first-order valence-corrected chi connectivity index (χ1v) is 7.56. The van der Waals surface area contributed by atoms with Crippen LogP contribution in [0.4, 0.5) is 0 Å². The van der Waals surface area contributed by atoms with Crippen molar-refractivity contribution in [2.24, 2.45) is 10.4 Å². The Balaban J connectivity index is 0.00000220. The fourth-order valence-electron chi connectivity index (χ4n) is 2.19. The smallest absolute Gasteiger partial charge is 0.193 e. The van der Waals surface area contributed by atoms with Gasteiger partial charge >= 0.3 is 0 Å². The highest BCUT2D eigenvalue weighted by Crippen LogP contribution is 2.25. The lowest BCUT2D eigenvalue weighted by atomic mass is 9.89. The zero-order chi connectivity index (χ0) is 14.6. The van der Waals surface area contributed by atoms with E-state index in [1.807, 2.05) is 20.2 Å². The molecule has 1 aliphatic heterocycles. The van der Waals surface area contributed by atoms with Crippen molar-refractivity contribution in [2.75, 3.05) is 33.9 Å². The van der Waals surface area contributed by atoms with Gasteiger partial charge in [-0.3, -0.25) is 4.99 Å². The zero-order valence-corrected chi connectivity index (χ0v) is 16.6. The average molecular weight is 468 g/mol. The number of hydrogen-bond donors (Lipinski definition) is 1. The number of nitrogens with one attached hydrogen (secondary N) is 1. The van der Waals surface area contributed by atoms with Crippen LogP contribution in [0.25, 0.3) is 0 Å². The number of halogens is 2. The van der Waals surface area contributed by atoms with E-state index in [0.29, 0.717) is 0 Å². The van der Waals surface area contributed by atoms with Gasteiger partial charge in [-0.05, 0) is 11.6 Å². The minimum absolute atomic E-state index is 0. The molecule has 4 nitrogen and oxygen atoms in total. The molecule has 6 heteroatoms. The van der Waals surface area contributed by atoms with Crippen LogP contribution in [0.5, 0.6) is 0 Å². The normalized spacial score (nSPS) is 16.7. The van der Waals surface area contributed by atoms with Crippen LogP contribution in [0.1, 0.15) is 12.5 Å². The molecule has 1 aliphatic rings. The highest BCUT2D eigenvalue weighted by molar-refractivity contribution is 14.0. The van der Waals surface area contributed by atoms with Gasteiger partial charge in [0.25, 0.3) is 0 Å². The number of nitrogens with zero attached hydrogens (tertiary/aromatic N) is 2. The Bertz CT molecular complexity index is 492. The molecule has 0 aliphatic carbocycles. The van der Waals surface area contributed by atoms with E-state index < -0.39 is 0 Å². The first kappa shape index (κ1) is 18.7. The third-order valence-electron chi connectivity index (χ3n) is 3.51. The number of rotatable bonds is 4. The summed E-state index contributed by atoms with van der Waals surface area (Å²) < 4.78 is 6.40. The molecule has 0 bridgehead atoms. The maximum atomic E-state index is 5.28. The summed E-state index contributed by atoms with van der Waals surface area (Å²) in [6.07, 6.45) is 0. The van der Waals surface area contributed by atoms with E-state index in [-0.39, 0.29) is 29.4 Å². The van der Waals surface area contributed by atoms with Gasteiger partial charge in [-0.1, -0.05) is 41.1 Å². The predicted octanol–water partition coefficient (Wildman–Crippen LogP) is 3.11. The third-order valence-corrected chi connectivity index (χ3v) is 4.29. The molecule has 1 aromatic carbocycles. The standard InChI is InChI=1S/C15H22BrN3O.HI/c1-15(10-20-11-15)9-18-14(17-2)19(3)8-12-6-4-5-7-13(12)16;/h4-7H,8-11H2,1-3H3,(H,17,18);1H. The summed E-state index contributed by atoms with van der Waals surface area (Å²) in [5, 5.41) is 3.43. The van der Waals surface area contributed by atoms with E-state index in [2.05, 4.69) is 56.3 Å². The predicted molar refractivity (Wildman–Crippen MR) is 101 cm³/mol. The Labute approximate surface area is 152 Å². The van der Waals surface area contributed by atoms with Crippen molar-refractivity contribution in [3.8, 4) is 0 Å². The van der Waals surface area contributed by atoms with Crippen molar-refractivity contribution in [2.45, 2.75) is 13.5 Å². The summed E-state index contributed by atoms with van der Waals surface area (Å²) in [6, 6.07) is 8.26. The van der Waals surface area contributed by atoms with Crippen LogP contribution in [0.3, 0.4) is 0 Å². The second-order valence-electron chi connectivity index (χ2n) is 5.65. The molecule has 0 atom stereocenters. The van der Waals surface area contributed by atoms with Gasteiger partial charge in [-0.25, -0.2) is 0 Å². The van der Waals surface area contributed by atoms with Crippen LogP contribution in [-0.4, -0.2) is 44.7 Å². The van der Waals surface area contributed by atoms with Crippen LogP contribution in [0, 0.1) is 5.41 Å². The largest absolute Gasteiger partial charge is 0.380 e. The number of guanidine groups is 1. The SMILES string of the molecule is CN=C(NCC1(C)COC1)N(C)Cc1ccccc1Br.I. The van der Waals surface area contributed by atoms with E-state index in [4.69, 9.17) is 4.74 Å². The van der Waals surface area contributed by atoms with Crippen molar-refractivity contribution in [3.05, 3.63) is 34.3 Å². The maximum absolute atomic E-state index is 5.28. The molecular formula is C15H23BrIN3O. The molecular weight excluding hydrogens is 445 g/mol. The summed E-state index contributed by atoms with van der Waals surface area (Å²) in [5.74, 6) is 0.911. The molecule has 118 valence electrons. The lowest BCUT2D eigenvalue weighted by molar-refractivity contribution is -0.0972. The summed E-state index contributed by atoms with van der Waals surface area (Å²) in [4.78, 5) is 6.48. The van der Waals surface area contributed by atoms with Gasteiger partial charge in [0.05, 0.1) is 13.2 Å². The second-order valence-corrected chi connectivity index (χ2v) is 6.51. The fraction of sp³-hybridized carbons (Fsp3) is 0.533. The van der Waals surface area contributed by atoms with Crippen LogP contribution in [0.15, 0.2) is 33.7 Å². The number of aliphatic imine (C=N–C) groups is 1. The summed E-state index contributed by atoms with van der Waals surface area (Å²) in [5.41, 5.74) is 1.49. The van der Waals surface area contributed by atoms with Crippen molar-refractivity contribution in [1.29, 1.82) is 0 Å². The van der Waals surface area contributed by atoms with E-state index in [1.165, 1.54) is 5.56 Å². The molecule has 0 aromatic heterocycles. The lowest BCUT2D eigenvalue weighted by Crippen LogP contribution is -2.51. The van der Waals surface area contributed by atoms with Gasteiger partial charge in [-0.2, -0.15) is 0 Å². The third kappa shape index (κ3) is 5.10. The van der Waals surface area contributed by atoms with Gasteiger partial charge in [-0.15, -0.1) is 24.0 Å². The first-order valence-electron chi connectivity index (χ1n) is 6.77. The Morgan fingerprint density at radius 2 is 2.10 bits per heavy atom. The van der Waals surface area contributed by atoms with Crippen molar-refractivity contribution in [1.82, 2.24) is 10.2 Å². The van der Waals surface area contributed by atoms with Crippen molar-refractivity contribution >= 4 is 45.9 Å². The topological polar surface area (TPSA) is 36.9 Å². The summed E-state index contributed by atoms with van der Waals surface area (Å²) in [6.45, 7) is 5.58. The Kier molecular flexibility index (Phi) is 7.42. The lowest BCUT2D eigenvalue weighted by Gasteiger charge is -2.39. The quantitative estimate of drug-likeness (QED) is 0.420. The maximum Gasteiger partial charge on any atom is 0.193 e. The Morgan fingerprint density at radius 1 is 1.43 bits per heavy atom. The van der Waals surface area contributed by atoms with E-state index in [0.717, 1.165) is 36.7 Å². The van der Waals surface area contributed by atoms with E-state index >= 15 is 0 Å². The van der Waals surface area contributed by atoms with Gasteiger partial charge in [0.2, 0.25) is 0 Å². The van der Waals surface area contributed by atoms with Crippen LogP contribution >= 0.6 is 39.9 Å². The van der Waals surface area contributed by atoms with Gasteiger partial charge in [0, 0.05) is 37.1 Å². The molecule has 1 fully saturated rings. The average Bonchev–Trinajstić information content (AvgIpc) is 2.40. The number of ether oxygens (including phenoxy) is 1. The molecule has 1 saturated heterocycles. The Hall–Kier alpha value is -0.340. The molecule has 2 rings (SSSR count). The second kappa shape index (κ2) is 8.33. The molecule has 21 heavy (non-hydrogen) atoms. The minimum Gasteiger partial charge on any atom is -0.380 e. The number of hydrogen-bond acceptors (Lipinski definition) is 2. The zero-order valence-electron chi connectivity index (χ0n) is 12.7. The Morgan fingerprint density at radius 3 is 2.62 bits per heavy atom. The van der Waals surface area contributed by atoms with Crippen molar-refractivity contribution in [3.63, 3.8) is 0 Å². The highest BCUT2D eigenvalue weighted by Gasteiger charge is 2.33. The minimum atomic E-state index is 0. The summed E-state index contributed by atoms with van der Waals surface area (Å²) >= 11 is 3.58. The first-order chi connectivity index (χ1) is 9.54. The summed E-state index contributed by atoms with van der Waals surface area (Å²) in [7, 11) is 3.87. The fourth-order valence-corrected chi connectivity index (χ4v) is 2.60. The molecule has 0 saturated carbocycles. The van der Waals surface area contributed by atoms with Crippen molar-refractivity contribution < 1.29 is 4.74 Å². The highest BCUT2D eigenvalue weighted by atomic mass is 127. The van der Waals surface area contributed by atoms with E-state index in [9.17, 15) is 0 Å². The van der Waals surface area contributed by atoms with Gasteiger partial charge in [0.15, 0.2) is 5.96 Å². The molecule has 0 radical (unpaired) electrons. The van der Waals surface area contributed by atoms with Crippen LogP contribution in [-0.2, 0) is 11.3 Å². The molecule has 1 heterocycles. The molecule has 0 amide bonds. The van der Waals surface area contributed by atoms with Crippen LogP contribution < -0.4 is 5.32 Å². The van der Waals surface area contributed by atoms with Gasteiger partial charge in [0.1, 0.15) is 0 Å². The number of benzene rings is 1. The molecule has 1 N–H and O–H groups in total. The van der Waals surface area contributed by atoms with E-state index in [1.54, 1.807) is 0 Å². The monoisotopic (exact) mass is 467 g/mol. The molecule has 1 aromatic rings.